The van der Waals surface area contributed by atoms with Crippen molar-refractivity contribution < 1.29 is 9.26 Å². The van der Waals surface area contributed by atoms with E-state index in [-0.39, 0.29) is 0 Å². The van der Waals surface area contributed by atoms with Gasteiger partial charge in [-0.2, -0.15) is 4.98 Å². The smallest absolute Gasteiger partial charge is 0.213 e. The lowest BCUT2D eigenvalue weighted by Crippen LogP contribution is -2.36. The molecule has 0 aromatic carbocycles. The van der Waals surface area contributed by atoms with E-state index in [0.717, 1.165) is 45.0 Å². The molecule has 2 aliphatic heterocycles. The van der Waals surface area contributed by atoms with Crippen molar-refractivity contribution in [2.45, 2.75) is 18.8 Å². The van der Waals surface area contributed by atoms with Crippen molar-refractivity contribution in [1.82, 2.24) is 15.5 Å². The molecule has 1 aromatic heterocycles. The van der Waals surface area contributed by atoms with Crippen LogP contribution in [0.25, 0.3) is 0 Å². The standard InChI is InChI=1S/C10H15N3O2/c1-3-14-4-2-10(1)6-11-5-8(10)9-12-7-15-13-9/h7-8,11H,1-6H2/t8-/m0/s1. The number of nitrogens with one attached hydrogen (secondary N) is 1. The third kappa shape index (κ3) is 1.46. The molecule has 2 fully saturated rings. The van der Waals surface area contributed by atoms with Crippen LogP contribution in [0.2, 0.25) is 0 Å². The van der Waals surface area contributed by atoms with Gasteiger partial charge in [0.15, 0.2) is 5.82 Å². The van der Waals surface area contributed by atoms with Crippen LogP contribution in [0.3, 0.4) is 0 Å². The molecule has 0 amide bonds. The van der Waals surface area contributed by atoms with Crippen LogP contribution in [0.1, 0.15) is 24.6 Å². The quantitative estimate of drug-likeness (QED) is 0.732. The van der Waals surface area contributed by atoms with Crippen LogP contribution < -0.4 is 5.32 Å². The van der Waals surface area contributed by atoms with Crippen molar-refractivity contribution >= 4 is 0 Å². The Morgan fingerprint density at radius 2 is 2.27 bits per heavy atom. The van der Waals surface area contributed by atoms with Gasteiger partial charge in [0.25, 0.3) is 0 Å². The summed E-state index contributed by atoms with van der Waals surface area (Å²) < 4.78 is 10.3. The molecule has 82 valence electrons. The van der Waals surface area contributed by atoms with Gasteiger partial charge in [0, 0.05) is 32.2 Å². The summed E-state index contributed by atoms with van der Waals surface area (Å²) in [6.45, 7) is 3.72. The topological polar surface area (TPSA) is 60.2 Å². The van der Waals surface area contributed by atoms with Crippen molar-refractivity contribution in [2.24, 2.45) is 5.41 Å². The van der Waals surface area contributed by atoms with Gasteiger partial charge in [0.2, 0.25) is 6.39 Å². The van der Waals surface area contributed by atoms with E-state index < -0.39 is 0 Å². The fourth-order valence-electron chi connectivity index (χ4n) is 2.81. The number of ether oxygens (including phenoxy) is 1. The zero-order valence-electron chi connectivity index (χ0n) is 8.61. The molecule has 2 aliphatic rings. The van der Waals surface area contributed by atoms with Crippen LogP contribution in [0.15, 0.2) is 10.9 Å². The number of nitrogens with zero attached hydrogens (tertiary/aromatic N) is 2. The summed E-state index contributed by atoms with van der Waals surface area (Å²) in [5, 5.41) is 7.42. The maximum Gasteiger partial charge on any atom is 0.213 e. The highest BCUT2D eigenvalue weighted by Crippen LogP contribution is 2.45. The summed E-state index contributed by atoms with van der Waals surface area (Å²) in [6, 6.07) is 0. The maximum atomic E-state index is 5.43. The van der Waals surface area contributed by atoms with Gasteiger partial charge in [-0.1, -0.05) is 5.16 Å². The number of hydrogen-bond acceptors (Lipinski definition) is 5. The molecule has 1 aromatic rings. The van der Waals surface area contributed by atoms with Gasteiger partial charge in [-0.15, -0.1) is 0 Å². The SMILES string of the molecule is c1nc([C@@H]2CNCC23CCOCC3)no1. The molecule has 1 spiro atoms. The first-order valence-corrected chi connectivity index (χ1v) is 5.45. The highest BCUT2D eigenvalue weighted by atomic mass is 16.5. The lowest BCUT2D eigenvalue weighted by Gasteiger charge is -2.36. The van der Waals surface area contributed by atoms with Crippen LogP contribution in [-0.2, 0) is 4.74 Å². The lowest BCUT2D eigenvalue weighted by molar-refractivity contribution is 0.0151. The van der Waals surface area contributed by atoms with Crippen molar-refractivity contribution in [3.05, 3.63) is 12.2 Å². The summed E-state index contributed by atoms with van der Waals surface area (Å²) in [4.78, 5) is 4.19. The Balaban J connectivity index is 1.87. The average molecular weight is 209 g/mol. The van der Waals surface area contributed by atoms with Crippen molar-refractivity contribution in [1.29, 1.82) is 0 Å². The highest BCUT2D eigenvalue weighted by Gasteiger charge is 2.46. The minimum absolute atomic E-state index is 0.294. The maximum absolute atomic E-state index is 5.43. The predicted octanol–water partition coefficient (Wildman–Crippen LogP) is 0.553. The van der Waals surface area contributed by atoms with Crippen molar-refractivity contribution in [2.75, 3.05) is 26.3 Å². The van der Waals surface area contributed by atoms with Crippen LogP contribution in [0, 0.1) is 5.41 Å². The second-order valence-electron chi connectivity index (χ2n) is 4.45. The molecular formula is C10H15N3O2. The zero-order chi connectivity index (χ0) is 10.1. The van der Waals surface area contributed by atoms with Gasteiger partial charge in [0.05, 0.1) is 0 Å². The van der Waals surface area contributed by atoms with Gasteiger partial charge >= 0.3 is 0 Å². The largest absolute Gasteiger partial charge is 0.381 e. The van der Waals surface area contributed by atoms with Gasteiger partial charge in [0.1, 0.15) is 0 Å². The van der Waals surface area contributed by atoms with E-state index in [9.17, 15) is 0 Å². The fourth-order valence-corrected chi connectivity index (χ4v) is 2.81. The molecule has 2 saturated heterocycles. The summed E-state index contributed by atoms with van der Waals surface area (Å²) >= 11 is 0. The second kappa shape index (κ2) is 3.57. The Morgan fingerprint density at radius 1 is 1.40 bits per heavy atom. The number of hydrogen-bond donors (Lipinski definition) is 1. The van der Waals surface area contributed by atoms with Crippen molar-refractivity contribution in [3.8, 4) is 0 Å². The zero-order valence-corrected chi connectivity index (χ0v) is 8.61. The van der Waals surface area contributed by atoms with E-state index in [1.54, 1.807) is 0 Å². The van der Waals surface area contributed by atoms with E-state index in [2.05, 4.69) is 15.5 Å². The summed E-state index contributed by atoms with van der Waals surface area (Å²) in [6.07, 6.45) is 3.61. The minimum atomic E-state index is 0.294. The molecule has 3 heterocycles. The Bertz CT molecular complexity index is 319. The molecule has 5 heteroatoms. The van der Waals surface area contributed by atoms with E-state index in [4.69, 9.17) is 9.26 Å². The Kier molecular flexibility index (Phi) is 2.21. The molecule has 5 nitrogen and oxygen atoms in total. The first kappa shape index (κ1) is 9.30. The predicted molar refractivity (Wildman–Crippen MR) is 52.4 cm³/mol. The Labute approximate surface area is 88.2 Å². The third-order valence-electron chi connectivity index (χ3n) is 3.74. The van der Waals surface area contributed by atoms with Crippen molar-refractivity contribution in [3.63, 3.8) is 0 Å². The third-order valence-corrected chi connectivity index (χ3v) is 3.74. The van der Waals surface area contributed by atoms with E-state index >= 15 is 0 Å². The first-order chi connectivity index (χ1) is 7.41. The molecule has 0 unspecified atom stereocenters. The summed E-state index contributed by atoms with van der Waals surface area (Å²) in [5.74, 6) is 1.24. The monoisotopic (exact) mass is 209 g/mol. The molecule has 0 aliphatic carbocycles. The van der Waals surface area contributed by atoms with E-state index in [0.29, 0.717) is 11.3 Å². The normalized spacial score (nSPS) is 29.7. The Hall–Kier alpha value is -0.940. The van der Waals surface area contributed by atoms with Crippen LogP contribution in [0.5, 0.6) is 0 Å². The summed E-state index contributed by atoms with van der Waals surface area (Å²) in [7, 11) is 0. The number of rotatable bonds is 1. The molecule has 0 bridgehead atoms. The lowest BCUT2D eigenvalue weighted by atomic mass is 9.72. The molecular weight excluding hydrogens is 194 g/mol. The van der Waals surface area contributed by atoms with Gasteiger partial charge in [-0.05, 0) is 18.3 Å². The Morgan fingerprint density at radius 3 is 3.00 bits per heavy atom. The molecule has 15 heavy (non-hydrogen) atoms. The number of aromatic nitrogens is 2. The van der Waals surface area contributed by atoms with Crippen LogP contribution in [0.4, 0.5) is 0 Å². The molecule has 0 saturated carbocycles. The highest BCUT2D eigenvalue weighted by molar-refractivity contribution is 5.09. The molecule has 1 N–H and O–H groups in total. The average Bonchev–Trinajstić information content (AvgIpc) is 2.88. The van der Waals surface area contributed by atoms with Gasteiger partial charge in [-0.25, -0.2) is 0 Å². The fraction of sp³-hybridized carbons (Fsp3) is 0.800. The molecule has 1 atom stereocenters. The van der Waals surface area contributed by atoms with Crippen LogP contribution in [-0.4, -0.2) is 36.4 Å². The van der Waals surface area contributed by atoms with E-state index in [1.807, 2.05) is 0 Å². The van der Waals surface area contributed by atoms with E-state index in [1.165, 1.54) is 6.39 Å². The second-order valence-corrected chi connectivity index (χ2v) is 4.45. The van der Waals surface area contributed by atoms with Crippen LogP contribution >= 0.6 is 0 Å². The minimum Gasteiger partial charge on any atom is -0.381 e. The van der Waals surface area contributed by atoms with Gasteiger partial charge in [-0.3, -0.25) is 0 Å². The molecule has 3 rings (SSSR count). The van der Waals surface area contributed by atoms with Gasteiger partial charge < -0.3 is 14.6 Å². The first-order valence-electron chi connectivity index (χ1n) is 5.45. The molecule has 0 radical (unpaired) electrons. The summed E-state index contributed by atoms with van der Waals surface area (Å²) in [5.41, 5.74) is 0.294.